The lowest BCUT2D eigenvalue weighted by Gasteiger charge is -2.12. The highest BCUT2D eigenvalue weighted by Crippen LogP contribution is 2.45. The number of fused-ring (bicyclic) bond motifs is 1. The van der Waals surface area contributed by atoms with Crippen molar-refractivity contribution < 1.29 is 4.79 Å². The first kappa shape index (κ1) is 20.7. The second-order valence-corrected chi connectivity index (χ2v) is 10.4. The summed E-state index contributed by atoms with van der Waals surface area (Å²) in [6.45, 7) is 5.17. The number of carbonyl (C=O) groups is 1. The molecule has 0 atom stereocenters. The van der Waals surface area contributed by atoms with Crippen LogP contribution in [0.5, 0.6) is 0 Å². The van der Waals surface area contributed by atoms with Crippen LogP contribution in [0.2, 0.25) is 0 Å². The molecule has 2 aliphatic rings. The Morgan fingerprint density at radius 2 is 1.86 bits per heavy atom. The first-order valence-electron chi connectivity index (χ1n) is 9.50. The predicted molar refractivity (Wildman–Crippen MR) is 128 cm³/mol. The fourth-order valence-corrected chi connectivity index (χ4v) is 7.31. The van der Waals surface area contributed by atoms with Crippen molar-refractivity contribution in [3.05, 3.63) is 43.8 Å². The topological polar surface area (TPSA) is 45.6 Å². The number of hydrogen-bond acceptors (Lipinski definition) is 7. The van der Waals surface area contributed by atoms with E-state index in [0.29, 0.717) is 31.5 Å². The Labute approximate surface area is 187 Å². The largest absolute Gasteiger partial charge is 0.337 e. The van der Waals surface area contributed by atoms with Crippen LogP contribution in [0.3, 0.4) is 0 Å². The van der Waals surface area contributed by atoms with Gasteiger partial charge in [0.05, 0.1) is 5.69 Å². The third-order valence-corrected chi connectivity index (χ3v) is 9.03. The minimum Gasteiger partial charge on any atom is -0.337 e. The van der Waals surface area contributed by atoms with Gasteiger partial charge >= 0.3 is 0 Å². The number of thiazole rings is 1. The molecule has 1 fully saturated rings. The molecule has 0 saturated carbocycles. The van der Waals surface area contributed by atoms with Crippen molar-refractivity contribution in [3.8, 4) is 0 Å². The van der Waals surface area contributed by atoms with E-state index in [0.717, 1.165) is 28.5 Å². The first-order chi connectivity index (χ1) is 14.0. The molecular weight excluding hydrogens is 443 g/mol. The van der Waals surface area contributed by atoms with E-state index in [1.54, 1.807) is 21.2 Å². The summed E-state index contributed by atoms with van der Waals surface area (Å²) >= 11 is 9.76. The lowest BCUT2D eigenvalue weighted by Crippen LogP contribution is -2.34. The highest BCUT2D eigenvalue weighted by molar-refractivity contribution is 8.30. The van der Waals surface area contributed by atoms with Gasteiger partial charge in [-0.2, -0.15) is 0 Å². The van der Waals surface area contributed by atoms with E-state index in [4.69, 9.17) is 12.2 Å². The van der Waals surface area contributed by atoms with Crippen molar-refractivity contribution in [1.29, 1.82) is 0 Å². The number of anilines is 1. The average molecular weight is 464 g/mol. The lowest BCUT2D eigenvalue weighted by molar-refractivity contribution is -0.120. The summed E-state index contributed by atoms with van der Waals surface area (Å²) in [4.78, 5) is 31.7. The molecule has 9 heteroatoms. The molecule has 0 N–H and O–H groups in total. The number of unbranched alkanes of at least 4 members (excludes halogenated alkanes) is 1. The van der Waals surface area contributed by atoms with E-state index in [1.165, 1.54) is 23.1 Å². The second kappa shape index (κ2) is 8.29. The maximum absolute atomic E-state index is 13.2. The third kappa shape index (κ3) is 3.48. The Hall–Kier alpha value is -1.55. The molecule has 0 bridgehead atoms. The van der Waals surface area contributed by atoms with Crippen LogP contribution >= 0.6 is 47.1 Å². The molecule has 152 valence electrons. The van der Waals surface area contributed by atoms with E-state index >= 15 is 0 Å². The van der Waals surface area contributed by atoms with Crippen molar-refractivity contribution in [2.45, 2.75) is 38.1 Å². The van der Waals surface area contributed by atoms with Gasteiger partial charge in [-0.3, -0.25) is 19.1 Å². The van der Waals surface area contributed by atoms with Crippen LogP contribution < -0.4 is 19.7 Å². The van der Waals surface area contributed by atoms with Gasteiger partial charge in [0.2, 0.25) is 0 Å². The van der Waals surface area contributed by atoms with Crippen molar-refractivity contribution in [3.63, 3.8) is 0 Å². The molecule has 2 aliphatic heterocycles. The monoisotopic (exact) mass is 463 g/mol. The fraction of sp³-hybridized carbons (Fsp3) is 0.350. The van der Waals surface area contributed by atoms with Crippen LogP contribution in [0.4, 0.5) is 5.69 Å². The van der Waals surface area contributed by atoms with E-state index < -0.39 is 0 Å². The van der Waals surface area contributed by atoms with E-state index in [-0.39, 0.29) is 11.5 Å². The normalized spacial score (nSPS) is 20.1. The van der Waals surface area contributed by atoms with Crippen LogP contribution in [0, 0.1) is 0 Å². The number of nitrogens with zero attached hydrogens (tertiary/aromatic N) is 3. The number of thiocarbonyl (C=S) groups is 1. The molecule has 5 nitrogen and oxygen atoms in total. The average Bonchev–Trinajstić information content (AvgIpc) is 3.32. The lowest BCUT2D eigenvalue weighted by atomic mass is 10.3. The van der Waals surface area contributed by atoms with Gasteiger partial charge < -0.3 is 4.90 Å². The molecule has 0 spiro atoms. The molecule has 4 rings (SSSR count). The van der Waals surface area contributed by atoms with Gasteiger partial charge in [-0.15, -0.1) is 11.3 Å². The summed E-state index contributed by atoms with van der Waals surface area (Å²) in [6.07, 6.45) is 1.91. The van der Waals surface area contributed by atoms with E-state index in [1.807, 2.05) is 26.1 Å². The molecule has 1 saturated heterocycles. The Morgan fingerprint density at radius 3 is 2.55 bits per heavy atom. The summed E-state index contributed by atoms with van der Waals surface area (Å²) in [6, 6.07) is 8.11. The van der Waals surface area contributed by atoms with Gasteiger partial charge in [0.25, 0.3) is 11.5 Å². The van der Waals surface area contributed by atoms with Gasteiger partial charge in [-0.25, -0.2) is 0 Å². The molecule has 1 amide bonds. The van der Waals surface area contributed by atoms with Crippen molar-refractivity contribution in [2.75, 3.05) is 18.5 Å². The molecule has 0 unspecified atom stereocenters. The number of benzene rings is 1. The summed E-state index contributed by atoms with van der Waals surface area (Å²) in [5.74, 6) is -0.0795. The zero-order valence-corrected chi connectivity index (χ0v) is 19.7. The number of carbonyl (C=O) groups excluding carboxylic acids is 1. The minimum atomic E-state index is -0.0795. The quantitative estimate of drug-likeness (QED) is 0.650. The maximum atomic E-state index is 13.2. The standard InChI is InChI=1S/C20H21N3O2S4/c1-4-6-11-23-17(25)15(29-20(23)26)19-22(5-2)16(24)14(28-19)18-21(3)12-9-7-8-10-13(12)27-18/h7-10H,4-6,11H2,1-3H3. The number of rotatable bonds is 4. The first-order valence-corrected chi connectivity index (χ1v) is 12.4. The molecule has 0 aliphatic carbocycles. The SMILES string of the molecule is CCCCN1C(=O)C(=c2sc(=C3Sc4ccccc4N3C)c(=O)n2CC)SC1=S. The van der Waals surface area contributed by atoms with Gasteiger partial charge in [-0.05, 0) is 25.5 Å². The van der Waals surface area contributed by atoms with Crippen molar-refractivity contribution in [2.24, 2.45) is 0 Å². The number of amides is 1. The van der Waals surface area contributed by atoms with Crippen LogP contribution in [-0.2, 0) is 11.3 Å². The van der Waals surface area contributed by atoms with E-state index in [2.05, 4.69) is 24.0 Å². The predicted octanol–water partition coefficient (Wildman–Crippen LogP) is 3.01. The van der Waals surface area contributed by atoms with Gasteiger partial charge in [0, 0.05) is 25.0 Å². The highest BCUT2D eigenvalue weighted by Gasteiger charge is 2.34. The second-order valence-electron chi connectivity index (χ2n) is 6.73. The van der Waals surface area contributed by atoms with Gasteiger partial charge in [0.15, 0.2) is 0 Å². The summed E-state index contributed by atoms with van der Waals surface area (Å²) in [5.41, 5.74) is 1.05. The van der Waals surface area contributed by atoms with Crippen LogP contribution in [0.15, 0.2) is 34.0 Å². The Kier molecular flexibility index (Phi) is 5.92. The molecule has 3 heterocycles. The molecule has 0 radical (unpaired) electrons. The molecule has 1 aromatic heterocycles. The Balaban J connectivity index is 1.89. The van der Waals surface area contributed by atoms with Crippen LogP contribution in [0.25, 0.3) is 9.93 Å². The summed E-state index contributed by atoms with van der Waals surface area (Å²) in [5, 5.41) is 0.913. The van der Waals surface area contributed by atoms with Gasteiger partial charge in [-0.1, -0.05) is 61.2 Å². The smallest absolute Gasteiger partial charge is 0.271 e. The number of hydrogen-bond donors (Lipinski definition) is 0. The zero-order chi connectivity index (χ0) is 20.7. The number of aromatic nitrogens is 1. The van der Waals surface area contributed by atoms with Gasteiger partial charge in [0.1, 0.15) is 23.4 Å². The van der Waals surface area contributed by atoms with E-state index in [9.17, 15) is 9.59 Å². The highest BCUT2D eigenvalue weighted by atomic mass is 32.2. The number of para-hydroxylation sites is 1. The molecule has 2 aromatic rings. The van der Waals surface area contributed by atoms with Crippen molar-refractivity contribution in [1.82, 2.24) is 9.47 Å². The third-order valence-electron chi connectivity index (χ3n) is 4.91. The Bertz CT molecular complexity index is 1180. The van der Waals surface area contributed by atoms with Crippen LogP contribution in [0.1, 0.15) is 26.7 Å². The molecular formula is C20H21N3O2S4. The fourth-order valence-electron chi connectivity index (χ4n) is 3.34. The Morgan fingerprint density at radius 1 is 1.10 bits per heavy atom. The maximum Gasteiger partial charge on any atom is 0.271 e. The van der Waals surface area contributed by atoms with Crippen molar-refractivity contribution >= 4 is 72.9 Å². The van der Waals surface area contributed by atoms with Crippen LogP contribution in [-0.4, -0.2) is 33.3 Å². The minimum absolute atomic E-state index is 0.0477. The molecule has 29 heavy (non-hydrogen) atoms. The summed E-state index contributed by atoms with van der Waals surface area (Å²) in [7, 11) is 1.98. The zero-order valence-electron chi connectivity index (χ0n) is 16.4. The molecule has 1 aromatic carbocycles. The summed E-state index contributed by atoms with van der Waals surface area (Å²) < 4.78 is 3.66. The number of thioether (sulfide) groups is 2.